The molecule has 118 valence electrons. The molecule has 0 unspecified atom stereocenters. The lowest BCUT2D eigenvalue weighted by Gasteiger charge is -2.35. The number of carbonyl (C=O) groups excluding carboxylic acids is 1. The first-order valence-electron chi connectivity index (χ1n) is 7.30. The monoisotopic (exact) mass is 312 g/mol. The van der Waals surface area contributed by atoms with E-state index >= 15 is 0 Å². The van der Waals surface area contributed by atoms with Gasteiger partial charge in [0.15, 0.2) is 5.82 Å². The minimum Gasteiger partial charge on any atom is -0.478 e. The third-order valence-corrected chi connectivity index (χ3v) is 3.81. The molecule has 1 aromatic heterocycles. The number of benzene rings is 1. The maximum atomic E-state index is 12.5. The second-order valence-corrected chi connectivity index (χ2v) is 5.25. The largest absolute Gasteiger partial charge is 0.478 e. The Labute approximate surface area is 133 Å². The summed E-state index contributed by atoms with van der Waals surface area (Å²) < 4.78 is 0. The molecule has 1 saturated heterocycles. The quantitative estimate of drug-likeness (QED) is 0.914. The van der Waals surface area contributed by atoms with Crippen molar-refractivity contribution in [1.82, 2.24) is 15.1 Å². The number of amides is 1. The fourth-order valence-corrected chi connectivity index (χ4v) is 2.57. The Hall–Kier alpha value is -2.96. The van der Waals surface area contributed by atoms with Gasteiger partial charge in [-0.15, -0.1) is 5.10 Å². The molecule has 0 bridgehead atoms. The summed E-state index contributed by atoms with van der Waals surface area (Å²) in [5.41, 5.74) is 0.520. The topological polar surface area (TPSA) is 86.6 Å². The molecule has 1 amide bonds. The van der Waals surface area contributed by atoms with Crippen LogP contribution in [-0.2, 0) is 0 Å². The third kappa shape index (κ3) is 3.28. The predicted octanol–water partition coefficient (Wildman–Crippen LogP) is 1.14. The van der Waals surface area contributed by atoms with Gasteiger partial charge in [-0.3, -0.25) is 4.79 Å². The highest BCUT2D eigenvalue weighted by Crippen LogP contribution is 2.14. The molecule has 1 aromatic carbocycles. The summed E-state index contributed by atoms with van der Waals surface area (Å²) in [7, 11) is 0. The van der Waals surface area contributed by atoms with Crippen molar-refractivity contribution in [3.8, 4) is 0 Å². The van der Waals surface area contributed by atoms with E-state index in [0.29, 0.717) is 31.7 Å². The van der Waals surface area contributed by atoms with Crippen LogP contribution in [0, 0.1) is 0 Å². The molecule has 0 saturated carbocycles. The standard InChI is InChI=1S/C16H16N4O3/c21-15(12-3-1-4-13(11-12)16(22)23)20-9-7-19(8-10-20)14-5-2-6-17-18-14/h1-6,11H,7-10H2,(H,22,23). The van der Waals surface area contributed by atoms with Gasteiger partial charge < -0.3 is 14.9 Å². The zero-order chi connectivity index (χ0) is 16.2. The molecule has 7 nitrogen and oxygen atoms in total. The van der Waals surface area contributed by atoms with Crippen molar-refractivity contribution >= 4 is 17.7 Å². The van der Waals surface area contributed by atoms with Crippen LogP contribution >= 0.6 is 0 Å². The van der Waals surface area contributed by atoms with Crippen LogP contribution < -0.4 is 4.90 Å². The molecule has 1 fully saturated rings. The van der Waals surface area contributed by atoms with Gasteiger partial charge in [0.25, 0.3) is 5.91 Å². The van der Waals surface area contributed by atoms with Crippen LogP contribution in [0.2, 0.25) is 0 Å². The second kappa shape index (κ2) is 6.43. The van der Waals surface area contributed by atoms with Crippen LogP contribution in [0.15, 0.2) is 42.6 Å². The number of carboxylic acids is 1. The molecule has 7 heteroatoms. The summed E-state index contributed by atoms with van der Waals surface area (Å²) in [5, 5.41) is 16.9. The van der Waals surface area contributed by atoms with E-state index < -0.39 is 5.97 Å². The van der Waals surface area contributed by atoms with Gasteiger partial charge in [-0.1, -0.05) is 6.07 Å². The average Bonchev–Trinajstić information content (AvgIpc) is 2.62. The minimum atomic E-state index is -1.04. The number of hydrogen-bond acceptors (Lipinski definition) is 5. The summed E-state index contributed by atoms with van der Waals surface area (Å²) >= 11 is 0. The molecular weight excluding hydrogens is 296 g/mol. The maximum absolute atomic E-state index is 12.5. The first-order valence-corrected chi connectivity index (χ1v) is 7.30. The molecule has 0 atom stereocenters. The first kappa shape index (κ1) is 15.0. The number of aromatic nitrogens is 2. The molecule has 3 rings (SSSR count). The van der Waals surface area contributed by atoms with Crippen molar-refractivity contribution in [2.75, 3.05) is 31.1 Å². The molecule has 2 heterocycles. The van der Waals surface area contributed by atoms with Crippen molar-refractivity contribution < 1.29 is 14.7 Å². The molecule has 1 aliphatic rings. The van der Waals surface area contributed by atoms with Gasteiger partial charge in [0.1, 0.15) is 0 Å². The molecule has 23 heavy (non-hydrogen) atoms. The summed E-state index contributed by atoms with van der Waals surface area (Å²) in [5.74, 6) is -0.383. The summed E-state index contributed by atoms with van der Waals surface area (Å²) in [6.07, 6.45) is 1.62. The van der Waals surface area contributed by atoms with Crippen LogP contribution in [-0.4, -0.2) is 58.3 Å². The number of carbonyl (C=O) groups is 2. The lowest BCUT2D eigenvalue weighted by atomic mass is 10.1. The van der Waals surface area contributed by atoms with E-state index in [2.05, 4.69) is 15.1 Å². The zero-order valence-corrected chi connectivity index (χ0v) is 12.4. The Morgan fingerprint density at radius 2 is 1.74 bits per heavy atom. The Balaban J connectivity index is 1.66. The number of nitrogens with zero attached hydrogens (tertiary/aromatic N) is 4. The highest BCUT2D eigenvalue weighted by atomic mass is 16.4. The number of piperazine rings is 1. The molecule has 2 aromatic rings. The number of rotatable bonds is 3. The van der Waals surface area contributed by atoms with Crippen LogP contribution in [0.3, 0.4) is 0 Å². The molecule has 1 aliphatic heterocycles. The molecule has 0 spiro atoms. The van der Waals surface area contributed by atoms with E-state index in [1.807, 2.05) is 12.1 Å². The lowest BCUT2D eigenvalue weighted by molar-refractivity contribution is 0.0697. The van der Waals surface area contributed by atoms with Crippen molar-refractivity contribution in [3.05, 3.63) is 53.7 Å². The summed E-state index contributed by atoms with van der Waals surface area (Å²) in [6.45, 7) is 2.46. The summed E-state index contributed by atoms with van der Waals surface area (Å²) in [4.78, 5) is 27.3. The lowest BCUT2D eigenvalue weighted by Crippen LogP contribution is -2.49. The smallest absolute Gasteiger partial charge is 0.335 e. The number of anilines is 1. The number of aromatic carboxylic acids is 1. The fourth-order valence-electron chi connectivity index (χ4n) is 2.57. The van der Waals surface area contributed by atoms with Crippen molar-refractivity contribution in [3.63, 3.8) is 0 Å². The van der Waals surface area contributed by atoms with Gasteiger partial charge >= 0.3 is 5.97 Å². The molecule has 0 aliphatic carbocycles. The molecule has 0 radical (unpaired) electrons. The van der Waals surface area contributed by atoms with E-state index in [1.165, 1.54) is 12.1 Å². The van der Waals surface area contributed by atoms with E-state index in [9.17, 15) is 9.59 Å². The Kier molecular flexibility index (Phi) is 4.18. The van der Waals surface area contributed by atoms with E-state index in [4.69, 9.17) is 5.11 Å². The Bertz CT molecular complexity index is 712. The maximum Gasteiger partial charge on any atom is 0.335 e. The van der Waals surface area contributed by atoms with Gasteiger partial charge in [-0.25, -0.2) is 4.79 Å². The SMILES string of the molecule is O=C(O)c1cccc(C(=O)N2CCN(c3cccnn3)CC2)c1. The van der Waals surface area contributed by atoms with E-state index in [1.54, 1.807) is 23.2 Å². The van der Waals surface area contributed by atoms with Gasteiger partial charge in [0.2, 0.25) is 0 Å². The Morgan fingerprint density at radius 1 is 1.00 bits per heavy atom. The summed E-state index contributed by atoms with van der Waals surface area (Å²) in [6, 6.07) is 9.85. The fraction of sp³-hybridized carbons (Fsp3) is 0.250. The Morgan fingerprint density at radius 3 is 2.39 bits per heavy atom. The van der Waals surface area contributed by atoms with Crippen molar-refractivity contribution in [2.24, 2.45) is 0 Å². The minimum absolute atomic E-state index is 0.119. The van der Waals surface area contributed by atoms with E-state index in [-0.39, 0.29) is 11.5 Å². The number of carboxylic acid groups (broad SMARTS) is 1. The van der Waals surface area contributed by atoms with Crippen LogP contribution in [0.25, 0.3) is 0 Å². The van der Waals surface area contributed by atoms with Crippen LogP contribution in [0.1, 0.15) is 20.7 Å². The highest BCUT2D eigenvalue weighted by molar-refractivity contribution is 5.97. The van der Waals surface area contributed by atoms with Gasteiger partial charge in [0, 0.05) is 37.9 Å². The molecular formula is C16H16N4O3. The van der Waals surface area contributed by atoms with Crippen molar-refractivity contribution in [2.45, 2.75) is 0 Å². The predicted molar refractivity (Wildman–Crippen MR) is 83.5 cm³/mol. The van der Waals surface area contributed by atoms with Gasteiger partial charge in [0.05, 0.1) is 5.56 Å². The van der Waals surface area contributed by atoms with Gasteiger partial charge in [-0.2, -0.15) is 5.10 Å². The van der Waals surface area contributed by atoms with Gasteiger partial charge in [-0.05, 0) is 30.3 Å². The normalized spacial score (nSPS) is 14.6. The first-order chi connectivity index (χ1) is 11.1. The van der Waals surface area contributed by atoms with E-state index in [0.717, 1.165) is 5.82 Å². The number of hydrogen-bond donors (Lipinski definition) is 1. The second-order valence-electron chi connectivity index (χ2n) is 5.25. The zero-order valence-electron chi connectivity index (χ0n) is 12.4. The molecule has 1 N–H and O–H groups in total. The average molecular weight is 312 g/mol. The van der Waals surface area contributed by atoms with Crippen molar-refractivity contribution in [1.29, 1.82) is 0 Å². The van der Waals surface area contributed by atoms with Crippen LogP contribution in [0.4, 0.5) is 5.82 Å². The third-order valence-electron chi connectivity index (χ3n) is 3.81. The highest BCUT2D eigenvalue weighted by Gasteiger charge is 2.23. The van der Waals surface area contributed by atoms with Crippen LogP contribution in [0.5, 0.6) is 0 Å².